The zero-order valence-electron chi connectivity index (χ0n) is 19.0. The Labute approximate surface area is 224 Å². The molecule has 1 atom stereocenters. The molecule has 0 amide bonds. The number of phenolic OH excluding ortho intramolecular Hbond substituents is 1. The summed E-state index contributed by atoms with van der Waals surface area (Å²) in [6.45, 7) is 2.18. The first-order valence-corrected chi connectivity index (χ1v) is 12.0. The molecule has 3 aromatic carbocycles. The van der Waals surface area contributed by atoms with Crippen LogP contribution in [-0.4, -0.2) is 15.1 Å². The summed E-state index contributed by atoms with van der Waals surface area (Å²) < 4.78 is 0. The van der Waals surface area contributed by atoms with E-state index in [-0.39, 0.29) is 32.7 Å². The molecule has 176 valence electrons. The molecule has 0 aliphatic carbocycles. The van der Waals surface area contributed by atoms with E-state index >= 15 is 0 Å². The van der Waals surface area contributed by atoms with Crippen LogP contribution in [0, 0.1) is 6.07 Å². The van der Waals surface area contributed by atoms with Crippen LogP contribution in [0.25, 0.3) is 22.5 Å². The molecule has 5 aromatic rings. The van der Waals surface area contributed by atoms with Gasteiger partial charge in [-0.25, -0.2) is 4.98 Å². The minimum atomic E-state index is 0. The van der Waals surface area contributed by atoms with Crippen molar-refractivity contribution in [2.45, 2.75) is 22.8 Å². The van der Waals surface area contributed by atoms with Gasteiger partial charge in [-0.2, -0.15) is 0 Å². The molecule has 0 aliphatic heterocycles. The first-order valence-electron chi connectivity index (χ1n) is 11.1. The maximum atomic E-state index is 10.7. The first-order chi connectivity index (χ1) is 16.7. The summed E-state index contributed by atoms with van der Waals surface area (Å²) in [5.41, 5.74) is 5.52. The number of rotatable bonds is 6. The largest absolute Gasteiger partial charge is 0.507 e. The maximum Gasteiger partial charge on any atom is 0.124 e. The average Bonchev–Trinajstić information content (AvgIpc) is 2.90. The third kappa shape index (κ3) is 5.90. The van der Waals surface area contributed by atoms with Crippen LogP contribution in [0.2, 0.25) is 0 Å². The molecule has 0 spiro atoms. The van der Waals surface area contributed by atoms with Gasteiger partial charge in [0.1, 0.15) is 5.75 Å². The van der Waals surface area contributed by atoms with Gasteiger partial charge in [0, 0.05) is 38.7 Å². The molecule has 0 bridgehead atoms. The molecule has 0 aliphatic rings. The van der Waals surface area contributed by atoms with E-state index in [0.29, 0.717) is 0 Å². The molecule has 0 saturated carbocycles. The molecular weight excluding hydrogens is 631 g/mol. The summed E-state index contributed by atoms with van der Waals surface area (Å²) in [5, 5.41) is 11.6. The number of phenols is 1. The molecule has 3 nitrogen and oxygen atoms in total. The molecule has 1 unspecified atom stereocenters. The summed E-state index contributed by atoms with van der Waals surface area (Å²) in [6, 6.07) is 37.4. The van der Waals surface area contributed by atoms with Crippen LogP contribution in [-0.2, 0) is 21.1 Å². The van der Waals surface area contributed by atoms with Crippen LogP contribution < -0.4 is 0 Å². The van der Waals surface area contributed by atoms with Crippen LogP contribution in [0.3, 0.4) is 0 Å². The van der Waals surface area contributed by atoms with E-state index in [9.17, 15) is 5.11 Å². The van der Waals surface area contributed by atoms with Gasteiger partial charge in [0.2, 0.25) is 0 Å². The number of aromatic nitrogens is 2. The average molecular weight is 655 g/mol. The van der Waals surface area contributed by atoms with Gasteiger partial charge >= 0.3 is 0 Å². The van der Waals surface area contributed by atoms with Crippen molar-refractivity contribution >= 4 is 11.8 Å². The first kappa shape index (κ1) is 24.9. The van der Waals surface area contributed by atoms with Gasteiger partial charge in [-0.15, -0.1) is 29.8 Å². The SMILES string of the molecule is CC(c1ccccc1)c1ccc(O)c(-c2cccc(-c3[c-]c(Sc4ccccn4)ccc3)n2)c1.[Pt]. The van der Waals surface area contributed by atoms with Crippen LogP contribution in [0.4, 0.5) is 0 Å². The maximum absolute atomic E-state index is 10.7. The second kappa shape index (κ2) is 11.5. The minimum Gasteiger partial charge on any atom is -0.507 e. The smallest absolute Gasteiger partial charge is 0.124 e. The van der Waals surface area contributed by atoms with Crippen molar-refractivity contribution in [1.82, 2.24) is 9.97 Å². The van der Waals surface area contributed by atoms with E-state index in [0.717, 1.165) is 38.0 Å². The summed E-state index contributed by atoms with van der Waals surface area (Å²) in [5.74, 6) is 0.425. The Kier molecular flexibility index (Phi) is 8.17. The molecular formula is C30H23N2OPtS-. The van der Waals surface area contributed by atoms with E-state index in [1.54, 1.807) is 24.0 Å². The van der Waals surface area contributed by atoms with Crippen molar-refractivity contribution in [3.05, 3.63) is 127 Å². The Morgan fingerprint density at radius 1 is 0.771 bits per heavy atom. The number of hydrogen-bond acceptors (Lipinski definition) is 4. The molecule has 0 saturated heterocycles. The van der Waals surface area contributed by atoms with Gasteiger partial charge in [-0.3, -0.25) is 4.98 Å². The number of aromatic hydroxyl groups is 1. The van der Waals surface area contributed by atoms with E-state index in [4.69, 9.17) is 4.98 Å². The van der Waals surface area contributed by atoms with Crippen molar-refractivity contribution in [3.63, 3.8) is 0 Å². The summed E-state index contributed by atoms with van der Waals surface area (Å²) in [6.07, 6.45) is 1.79. The second-order valence-electron chi connectivity index (χ2n) is 8.02. The molecule has 1 N–H and O–H groups in total. The van der Waals surface area contributed by atoms with Crippen molar-refractivity contribution < 1.29 is 26.2 Å². The standard InChI is InChI=1S/C30H23N2OS.Pt/c1-21(22-9-3-2-4-10-22)23-16-17-29(33)26(20-23)28-14-8-13-27(32-28)24-11-7-12-25(19-24)34-30-15-5-6-18-31-30;/h2-18,20-21,33H,1H3;/q-1;. The zero-order chi connectivity index (χ0) is 23.3. The van der Waals surface area contributed by atoms with Crippen molar-refractivity contribution in [3.8, 4) is 28.3 Å². The third-order valence-electron chi connectivity index (χ3n) is 5.74. The quantitative estimate of drug-likeness (QED) is 0.192. The Hall–Kier alpha value is -3.20. The Balaban J connectivity index is 0.00000289. The van der Waals surface area contributed by atoms with Crippen molar-refractivity contribution in [2.75, 3.05) is 0 Å². The van der Waals surface area contributed by atoms with Gasteiger partial charge in [0.15, 0.2) is 0 Å². The summed E-state index contributed by atoms with van der Waals surface area (Å²) in [7, 11) is 0. The second-order valence-corrected chi connectivity index (χ2v) is 9.08. The number of nitrogens with zero attached hydrogens (tertiary/aromatic N) is 2. The van der Waals surface area contributed by atoms with Crippen molar-refractivity contribution in [1.29, 1.82) is 0 Å². The molecule has 2 aromatic heterocycles. The van der Waals surface area contributed by atoms with Gasteiger partial charge in [-0.05, 0) is 47.2 Å². The van der Waals surface area contributed by atoms with Gasteiger partial charge in [0.25, 0.3) is 0 Å². The predicted molar refractivity (Wildman–Crippen MR) is 138 cm³/mol. The monoisotopic (exact) mass is 654 g/mol. The van der Waals surface area contributed by atoms with Crippen LogP contribution in [0.1, 0.15) is 24.0 Å². The summed E-state index contributed by atoms with van der Waals surface area (Å²) in [4.78, 5) is 10.2. The fourth-order valence-corrected chi connectivity index (χ4v) is 4.67. The molecule has 0 fully saturated rings. The Bertz CT molecular complexity index is 1410. The van der Waals surface area contributed by atoms with E-state index in [2.05, 4.69) is 42.2 Å². The minimum absolute atomic E-state index is 0. The van der Waals surface area contributed by atoms with E-state index < -0.39 is 0 Å². The van der Waals surface area contributed by atoms with E-state index in [1.807, 2.05) is 72.8 Å². The van der Waals surface area contributed by atoms with Crippen molar-refractivity contribution in [2.24, 2.45) is 0 Å². The van der Waals surface area contributed by atoms with Crippen LogP contribution in [0.5, 0.6) is 5.75 Å². The topological polar surface area (TPSA) is 46.0 Å². The summed E-state index contributed by atoms with van der Waals surface area (Å²) >= 11 is 1.57. The van der Waals surface area contributed by atoms with Gasteiger partial charge in [0.05, 0.1) is 10.7 Å². The fraction of sp³-hybridized carbons (Fsp3) is 0.0667. The molecule has 35 heavy (non-hydrogen) atoms. The Morgan fingerprint density at radius 3 is 2.34 bits per heavy atom. The molecule has 5 rings (SSSR count). The van der Waals surface area contributed by atoms with Crippen LogP contribution in [0.15, 0.2) is 119 Å². The number of pyridine rings is 2. The molecule has 0 radical (unpaired) electrons. The molecule has 2 heterocycles. The Morgan fingerprint density at radius 2 is 1.54 bits per heavy atom. The zero-order valence-corrected chi connectivity index (χ0v) is 22.1. The number of hydrogen-bond donors (Lipinski definition) is 1. The van der Waals surface area contributed by atoms with Gasteiger partial charge in [-0.1, -0.05) is 78.2 Å². The van der Waals surface area contributed by atoms with Crippen LogP contribution >= 0.6 is 11.8 Å². The molecule has 5 heteroatoms. The third-order valence-corrected chi connectivity index (χ3v) is 6.65. The fourth-order valence-electron chi connectivity index (χ4n) is 3.87. The van der Waals surface area contributed by atoms with E-state index in [1.165, 1.54) is 5.56 Å². The normalized spacial score (nSPS) is 11.5. The van der Waals surface area contributed by atoms with Gasteiger partial charge < -0.3 is 5.11 Å². The number of benzene rings is 3. The predicted octanol–water partition coefficient (Wildman–Crippen LogP) is 7.62.